The van der Waals surface area contributed by atoms with Gasteiger partial charge in [0.05, 0.1) is 44.6 Å². The highest BCUT2D eigenvalue weighted by molar-refractivity contribution is 6.49. The summed E-state index contributed by atoms with van der Waals surface area (Å²) in [6, 6.07) is 23.0. The topological polar surface area (TPSA) is 90.7 Å². The molecular formula is C31H19Cl3N2O5. The maximum atomic E-state index is 13.3. The number of hydrogen-bond acceptors (Lipinski definition) is 6. The molecule has 1 amide bonds. The number of carbonyl (C=O) groups excluding carboxylic acids is 2. The van der Waals surface area contributed by atoms with Gasteiger partial charge in [0, 0.05) is 27.8 Å². The van der Waals surface area contributed by atoms with Crippen LogP contribution in [0.4, 0.5) is 5.69 Å². The minimum absolute atomic E-state index is 0.179. The van der Waals surface area contributed by atoms with E-state index in [0.717, 1.165) is 10.8 Å². The first-order chi connectivity index (χ1) is 19.8. The Balaban J connectivity index is 1.26. The van der Waals surface area contributed by atoms with E-state index in [4.69, 9.17) is 48.7 Å². The van der Waals surface area contributed by atoms with Gasteiger partial charge >= 0.3 is 5.97 Å². The highest BCUT2D eigenvalue weighted by Crippen LogP contribution is 2.39. The molecular weight excluding hydrogens is 587 g/mol. The zero-order valence-electron chi connectivity index (χ0n) is 21.3. The van der Waals surface area contributed by atoms with Gasteiger partial charge in [0.15, 0.2) is 6.61 Å². The molecule has 0 unspecified atom stereocenters. The van der Waals surface area contributed by atoms with Crippen molar-refractivity contribution >= 4 is 85.2 Å². The molecule has 0 saturated heterocycles. The predicted octanol–water partition coefficient (Wildman–Crippen LogP) is 8.57. The van der Waals surface area contributed by atoms with Crippen LogP contribution in [0.3, 0.4) is 0 Å². The standard InChI is InChI=1S/C31H19Cl3N2O5/c1-39-27-13-19-17-7-3-5-9-25(17)41-26(19)14-24(27)36-28(37)15-40-31(38)20-12-23(35-22-8-4-2-6-16(20)22)18-10-11-21(32)30(34)29(18)33/h2-14H,15H2,1H3,(H,36,37). The summed E-state index contributed by atoms with van der Waals surface area (Å²) in [5.74, 6) is -0.832. The molecule has 204 valence electrons. The highest BCUT2D eigenvalue weighted by atomic mass is 35.5. The monoisotopic (exact) mass is 604 g/mol. The average molecular weight is 606 g/mol. The Morgan fingerprint density at radius 2 is 1.61 bits per heavy atom. The van der Waals surface area contributed by atoms with E-state index < -0.39 is 18.5 Å². The van der Waals surface area contributed by atoms with E-state index in [2.05, 4.69) is 10.3 Å². The molecule has 0 spiro atoms. The summed E-state index contributed by atoms with van der Waals surface area (Å²) in [6.45, 7) is -0.542. The maximum Gasteiger partial charge on any atom is 0.339 e. The van der Waals surface area contributed by atoms with Crippen molar-refractivity contribution in [2.75, 3.05) is 19.0 Å². The largest absolute Gasteiger partial charge is 0.495 e. The van der Waals surface area contributed by atoms with E-state index in [1.54, 1.807) is 54.6 Å². The SMILES string of the molecule is COc1cc2c(cc1NC(=O)COC(=O)c1cc(-c3ccc(Cl)c(Cl)c3Cl)nc3ccccc13)oc1ccccc12. The fraction of sp³-hybridized carbons (Fsp3) is 0.0645. The number of anilines is 1. The van der Waals surface area contributed by atoms with Crippen molar-refractivity contribution in [3.63, 3.8) is 0 Å². The van der Waals surface area contributed by atoms with E-state index in [9.17, 15) is 9.59 Å². The van der Waals surface area contributed by atoms with Gasteiger partial charge in [-0.3, -0.25) is 4.79 Å². The number of halogens is 3. The number of nitrogens with one attached hydrogen (secondary N) is 1. The zero-order chi connectivity index (χ0) is 28.7. The van der Waals surface area contributed by atoms with E-state index in [0.29, 0.717) is 49.8 Å². The van der Waals surface area contributed by atoms with Crippen LogP contribution in [0.25, 0.3) is 44.1 Å². The van der Waals surface area contributed by atoms with Crippen molar-refractivity contribution in [2.24, 2.45) is 0 Å². The fourth-order valence-electron chi connectivity index (χ4n) is 4.62. The molecule has 6 rings (SSSR count). The molecule has 2 heterocycles. The van der Waals surface area contributed by atoms with Crippen LogP contribution in [0.1, 0.15) is 10.4 Å². The number of benzene rings is 4. The molecule has 2 aromatic heterocycles. The molecule has 10 heteroatoms. The first-order valence-corrected chi connectivity index (χ1v) is 13.5. The summed E-state index contributed by atoms with van der Waals surface area (Å²) in [5, 5.41) is 5.75. The average Bonchev–Trinajstić information content (AvgIpc) is 3.35. The van der Waals surface area contributed by atoms with E-state index in [-0.39, 0.29) is 15.6 Å². The smallest absolute Gasteiger partial charge is 0.339 e. The molecule has 1 N–H and O–H groups in total. The van der Waals surface area contributed by atoms with Crippen LogP contribution in [0.15, 0.2) is 83.3 Å². The van der Waals surface area contributed by atoms with Gasteiger partial charge in [-0.15, -0.1) is 0 Å². The Kier molecular flexibility index (Phi) is 7.17. The number of amides is 1. The number of aromatic nitrogens is 1. The number of para-hydroxylation sites is 2. The van der Waals surface area contributed by atoms with Crippen molar-refractivity contribution in [3.8, 4) is 17.0 Å². The number of methoxy groups -OCH3 is 1. The number of nitrogens with zero attached hydrogens (tertiary/aromatic N) is 1. The highest BCUT2D eigenvalue weighted by Gasteiger charge is 2.20. The fourth-order valence-corrected chi connectivity index (χ4v) is 5.25. The molecule has 0 atom stereocenters. The number of fused-ring (bicyclic) bond motifs is 4. The third-order valence-corrected chi connectivity index (χ3v) is 7.85. The molecule has 4 aromatic carbocycles. The minimum Gasteiger partial charge on any atom is -0.495 e. The van der Waals surface area contributed by atoms with Gasteiger partial charge in [0.25, 0.3) is 5.91 Å². The van der Waals surface area contributed by atoms with Gasteiger partial charge in [0.1, 0.15) is 16.9 Å². The summed E-state index contributed by atoms with van der Waals surface area (Å²) >= 11 is 18.8. The van der Waals surface area contributed by atoms with Gasteiger partial charge in [-0.1, -0.05) is 71.2 Å². The number of rotatable bonds is 6. The van der Waals surface area contributed by atoms with E-state index >= 15 is 0 Å². The molecule has 0 radical (unpaired) electrons. The lowest BCUT2D eigenvalue weighted by molar-refractivity contribution is -0.119. The second kappa shape index (κ2) is 10.9. The van der Waals surface area contributed by atoms with Crippen LogP contribution in [0.2, 0.25) is 15.1 Å². The van der Waals surface area contributed by atoms with Gasteiger partial charge in [-0.2, -0.15) is 0 Å². The van der Waals surface area contributed by atoms with Crippen LogP contribution in [-0.4, -0.2) is 30.6 Å². The first-order valence-electron chi connectivity index (χ1n) is 12.3. The number of carbonyl (C=O) groups is 2. The second-order valence-corrected chi connectivity index (χ2v) is 10.2. The number of esters is 1. The Hall–Kier alpha value is -4.30. The van der Waals surface area contributed by atoms with Crippen LogP contribution in [0.5, 0.6) is 5.75 Å². The van der Waals surface area contributed by atoms with Crippen LogP contribution < -0.4 is 10.1 Å². The lowest BCUT2D eigenvalue weighted by Gasteiger charge is -2.13. The first kappa shape index (κ1) is 26.9. The molecule has 0 bridgehead atoms. The Labute approximate surface area is 248 Å². The van der Waals surface area contributed by atoms with E-state index in [1.807, 2.05) is 24.3 Å². The summed E-state index contributed by atoms with van der Waals surface area (Å²) < 4.78 is 16.8. The molecule has 0 aliphatic rings. The molecule has 0 aliphatic heterocycles. The van der Waals surface area contributed by atoms with Crippen LogP contribution in [0, 0.1) is 0 Å². The number of furan rings is 1. The molecule has 7 nitrogen and oxygen atoms in total. The summed E-state index contributed by atoms with van der Waals surface area (Å²) in [5.41, 5.74) is 3.31. The normalized spacial score (nSPS) is 11.2. The van der Waals surface area contributed by atoms with Gasteiger partial charge < -0.3 is 19.2 Å². The van der Waals surface area contributed by atoms with Crippen molar-refractivity contribution in [1.82, 2.24) is 4.98 Å². The lowest BCUT2D eigenvalue weighted by Crippen LogP contribution is -2.21. The number of hydrogen-bond donors (Lipinski definition) is 1. The van der Waals surface area contributed by atoms with Crippen molar-refractivity contribution in [2.45, 2.75) is 0 Å². The summed E-state index contributed by atoms with van der Waals surface area (Å²) in [6.07, 6.45) is 0. The van der Waals surface area contributed by atoms with Gasteiger partial charge in [-0.25, -0.2) is 9.78 Å². The lowest BCUT2D eigenvalue weighted by atomic mass is 10.0. The Morgan fingerprint density at radius 3 is 2.41 bits per heavy atom. The molecule has 41 heavy (non-hydrogen) atoms. The summed E-state index contributed by atoms with van der Waals surface area (Å²) in [4.78, 5) is 30.7. The van der Waals surface area contributed by atoms with Crippen LogP contribution >= 0.6 is 34.8 Å². The third kappa shape index (κ3) is 5.04. The van der Waals surface area contributed by atoms with Crippen molar-refractivity contribution < 1.29 is 23.5 Å². The maximum absolute atomic E-state index is 13.3. The molecule has 6 aromatic rings. The van der Waals surface area contributed by atoms with Crippen molar-refractivity contribution in [1.29, 1.82) is 0 Å². The number of pyridine rings is 1. The molecule has 0 fully saturated rings. The Morgan fingerprint density at radius 1 is 0.854 bits per heavy atom. The summed E-state index contributed by atoms with van der Waals surface area (Å²) in [7, 11) is 1.51. The second-order valence-electron chi connectivity index (χ2n) is 9.07. The van der Waals surface area contributed by atoms with Crippen LogP contribution in [-0.2, 0) is 9.53 Å². The molecule has 0 saturated carbocycles. The number of ether oxygens (including phenoxy) is 2. The van der Waals surface area contributed by atoms with E-state index in [1.165, 1.54) is 7.11 Å². The quantitative estimate of drug-likeness (QED) is 0.151. The predicted molar refractivity (Wildman–Crippen MR) is 161 cm³/mol. The molecule has 0 aliphatic carbocycles. The van der Waals surface area contributed by atoms with Crippen molar-refractivity contribution in [3.05, 3.63) is 99.5 Å². The third-order valence-electron chi connectivity index (χ3n) is 6.55. The van der Waals surface area contributed by atoms with Gasteiger partial charge in [0.2, 0.25) is 0 Å². The minimum atomic E-state index is -0.712. The Bertz CT molecular complexity index is 2000. The zero-order valence-corrected chi connectivity index (χ0v) is 23.6. The van der Waals surface area contributed by atoms with Gasteiger partial charge in [-0.05, 0) is 36.4 Å².